The first-order valence-corrected chi connectivity index (χ1v) is 15.0. The number of nitrogens with one attached hydrogen (secondary N) is 4. The van der Waals surface area contributed by atoms with E-state index in [1.165, 1.54) is 0 Å². The lowest BCUT2D eigenvalue weighted by Gasteiger charge is -2.25. The zero-order valence-corrected chi connectivity index (χ0v) is 24.4. The van der Waals surface area contributed by atoms with Gasteiger partial charge in [0.1, 0.15) is 24.2 Å². The number of unbranched alkanes of at least 4 members (excludes halogenated alkanes) is 1. The number of aliphatic hydroxyl groups is 1. The minimum Gasteiger partial charge on any atom is -0.481 e. The van der Waals surface area contributed by atoms with Crippen LogP contribution in [0.1, 0.15) is 32.1 Å². The molecule has 0 radical (unpaired) electrons. The van der Waals surface area contributed by atoms with E-state index in [1.54, 1.807) is 0 Å². The average Bonchev–Trinajstić information content (AvgIpc) is 2.98. The molecule has 0 saturated carbocycles. The Bertz CT molecular complexity index is 1150. The Labute approximate surface area is 253 Å². The van der Waals surface area contributed by atoms with Crippen LogP contribution in [-0.4, -0.2) is 126 Å². The smallest absolute Gasteiger partial charge is 0.326 e. The standard InChI is InChI=1S/C22H34N10O9S2/c23-6-2-1-3-11(20(40)41)25-18(38)14-9-43-22-31-29-21(30-32-22)42-8-13(19(39)26-12(7-33)17(37)28-14)27-16(36)10(24)4-5-15(34)35/h10-14,33H,1-9,23-24H2,(H,25,38)(H,26,39)(H,27,36)(H,28,37)(H,34,35)(H,40,41)/t10-,11-,12-,13-,14-/m0/s1. The molecule has 2 aliphatic rings. The molecule has 1 aromatic rings. The summed E-state index contributed by atoms with van der Waals surface area (Å²) in [5, 5.41) is 53.3. The van der Waals surface area contributed by atoms with Crippen molar-refractivity contribution < 1.29 is 44.1 Å². The summed E-state index contributed by atoms with van der Waals surface area (Å²) in [4.78, 5) is 74.3. The highest BCUT2D eigenvalue weighted by Gasteiger charge is 2.32. The maximum Gasteiger partial charge on any atom is 0.326 e. The van der Waals surface area contributed by atoms with Crippen LogP contribution in [0.15, 0.2) is 10.3 Å². The van der Waals surface area contributed by atoms with E-state index >= 15 is 0 Å². The normalized spacial score (nSPS) is 20.9. The van der Waals surface area contributed by atoms with Crippen LogP contribution in [0.4, 0.5) is 0 Å². The van der Waals surface area contributed by atoms with Gasteiger partial charge in [-0.1, -0.05) is 23.5 Å². The summed E-state index contributed by atoms with van der Waals surface area (Å²) >= 11 is 1.77. The number of carbonyl (C=O) groups excluding carboxylic acids is 4. The van der Waals surface area contributed by atoms with Gasteiger partial charge in [0.15, 0.2) is 0 Å². The topological polar surface area (TPSA) is 315 Å². The van der Waals surface area contributed by atoms with Crippen molar-refractivity contribution in [2.45, 2.75) is 72.6 Å². The van der Waals surface area contributed by atoms with Gasteiger partial charge in [0.05, 0.1) is 12.6 Å². The average molecular weight is 647 g/mol. The van der Waals surface area contributed by atoms with Gasteiger partial charge < -0.3 is 48.1 Å². The van der Waals surface area contributed by atoms with Gasteiger partial charge in [-0.25, -0.2) is 4.79 Å². The second kappa shape index (κ2) is 18.1. The van der Waals surface area contributed by atoms with Crippen molar-refractivity contribution in [3.8, 4) is 0 Å². The number of aliphatic hydroxyl groups excluding tert-OH is 1. The first-order valence-electron chi connectivity index (χ1n) is 13.0. The SMILES string of the molecule is NCCCC[C@H](NC(=O)[C@@H]1CSc2nnc(nn2)SC[C@H](NC(=O)[C@@H](N)CCC(=O)O)C(=O)N[C@@H](CO)C(=O)N1)C(=O)O. The number of aromatic nitrogens is 4. The summed E-state index contributed by atoms with van der Waals surface area (Å²) in [6.45, 7) is -0.558. The van der Waals surface area contributed by atoms with E-state index in [-0.39, 0.29) is 34.7 Å². The lowest BCUT2D eigenvalue weighted by molar-refractivity contribution is -0.142. The van der Waals surface area contributed by atoms with E-state index in [4.69, 9.17) is 16.6 Å². The van der Waals surface area contributed by atoms with Gasteiger partial charge in [-0.2, -0.15) is 0 Å². The number of hydrogen-bond acceptors (Lipinski definition) is 15. The monoisotopic (exact) mass is 646 g/mol. The maximum absolute atomic E-state index is 13.1. The summed E-state index contributed by atoms with van der Waals surface area (Å²) in [5.74, 6) is -6.45. The van der Waals surface area contributed by atoms with E-state index in [0.29, 0.717) is 19.4 Å². The van der Waals surface area contributed by atoms with E-state index in [1.807, 2.05) is 0 Å². The molecule has 11 N–H and O–H groups in total. The van der Waals surface area contributed by atoms with Gasteiger partial charge >= 0.3 is 11.9 Å². The molecule has 1 aromatic heterocycles. The van der Waals surface area contributed by atoms with Gasteiger partial charge in [0.2, 0.25) is 33.9 Å². The Kier molecular flexibility index (Phi) is 15.0. The molecule has 0 spiro atoms. The molecule has 2 aliphatic heterocycles. The first-order chi connectivity index (χ1) is 20.4. The van der Waals surface area contributed by atoms with Crippen molar-refractivity contribution in [3.63, 3.8) is 0 Å². The summed E-state index contributed by atoms with van der Waals surface area (Å²) in [7, 11) is 0. The molecule has 21 heteroatoms. The van der Waals surface area contributed by atoms with Crippen LogP contribution in [-0.2, 0) is 28.8 Å². The largest absolute Gasteiger partial charge is 0.481 e. The summed E-state index contributed by atoms with van der Waals surface area (Å²) < 4.78 is 0. The number of rotatable bonds is 13. The zero-order chi connectivity index (χ0) is 31.9. The number of hydrogen-bond donors (Lipinski definition) is 9. The lowest BCUT2D eigenvalue weighted by atomic mass is 10.1. The Hall–Kier alpha value is -3.66. The van der Waals surface area contributed by atoms with E-state index < -0.39 is 78.8 Å². The third-order valence-electron chi connectivity index (χ3n) is 5.85. The van der Waals surface area contributed by atoms with Crippen molar-refractivity contribution in [3.05, 3.63) is 0 Å². The number of carbonyl (C=O) groups is 6. The minimum atomic E-state index is -1.58. The molecule has 0 aromatic carbocycles. The quantitative estimate of drug-likeness (QED) is 0.0917. The second-order valence-electron chi connectivity index (χ2n) is 9.18. The summed E-state index contributed by atoms with van der Waals surface area (Å²) in [5.41, 5.74) is 11.2. The molecule has 3 rings (SSSR count). The fourth-order valence-electron chi connectivity index (χ4n) is 3.46. The Morgan fingerprint density at radius 1 is 0.953 bits per heavy atom. The van der Waals surface area contributed by atoms with Crippen LogP contribution in [0.3, 0.4) is 0 Å². The van der Waals surface area contributed by atoms with E-state index in [0.717, 1.165) is 23.5 Å². The Morgan fingerprint density at radius 2 is 1.58 bits per heavy atom. The summed E-state index contributed by atoms with van der Waals surface area (Å²) in [6, 6.07) is -6.84. The number of carboxylic acid groups (broad SMARTS) is 2. The molecule has 0 saturated heterocycles. The molecule has 43 heavy (non-hydrogen) atoms. The van der Waals surface area contributed by atoms with Crippen molar-refractivity contribution in [1.82, 2.24) is 41.7 Å². The highest BCUT2D eigenvalue weighted by atomic mass is 32.2. The van der Waals surface area contributed by atoms with Crippen LogP contribution < -0.4 is 32.7 Å². The third kappa shape index (κ3) is 12.2. The number of aliphatic carboxylic acids is 2. The fourth-order valence-corrected chi connectivity index (χ4v) is 4.95. The van der Waals surface area contributed by atoms with Crippen molar-refractivity contribution in [2.24, 2.45) is 11.5 Å². The van der Waals surface area contributed by atoms with Crippen LogP contribution in [0.5, 0.6) is 0 Å². The highest BCUT2D eigenvalue weighted by molar-refractivity contribution is 7.99. The molecule has 0 fully saturated rings. The third-order valence-corrected chi connectivity index (χ3v) is 7.69. The van der Waals surface area contributed by atoms with Crippen molar-refractivity contribution >= 4 is 59.1 Å². The maximum atomic E-state index is 13.1. The number of thioether (sulfide) groups is 2. The lowest BCUT2D eigenvalue weighted by Crippen LogP contribution is -2.60. The van der Waals surface area contributed by atoms with E-state index in [9.17, 15) is 39.0 Å². The molecule has 0 aliphatic carbocycles. The Morgan fingerprint density at radius 3 is 2.14 bits per heavy atom. The molecule has 0 unspecified atom stereocenters. The Balaban J connectivity index is 2.28. The van der Waals surface area contributed by atoms with Gasteiger partial charge in [-0.15, -0.1) is 20.4 Å². The van der Waals surface area contributed by atoms with Gasteiger partial charge in [0.25, 0.3) is 0 Å². The molecule has 3 heterocycles. The predicted molar refractivity (Wildman–Crippen MR) is 149 cm³/mol. The number of fused-ring (bicyclic) bond motifs is 12. The molecule has 19 nitrogen and oxygen atoms in total. The van der Waals surface area contributed by atoms with Gasteiger partial charge in [-0.3, -0.25) is 24.0 Å². The van der Waals surface area contributed by atoms with Crippen LogP contribution in [0.25, 0.3) is 0 Å². The van der Waals surface area contributed by atoms with Crippen LogP contribution >= 0.6 is 23.5 Å². The van der Waals surface area contributed by atoms with Crippen molar-refractivity contribution in [2.75, 3.05) is 24.7 Å². The molecular weight excluding hydrogens is 612 g/mol. The van der Waals surface area contributed by atoms with Crippen molar-refractivity contribution in [1.29, 1.82) is 0 Å². The number of nitrogens with two attached hydrogens (primary N) is 2. The molecular formula is C22H34N10O9S2. The number of amides is 4. The predicted octanol–water partition coefficient (Wildman–Crippen LogP) is -4.20. The van der Waals surface area contributed by atoms with Crippen LogP contribution in [0.2, 0.25) is 0 Å². The number of carboxylic acids is 2. The minimum absolute atomic E-state index is 0.0189. The molecule has 238 valence electrons. The second-order valence-corrected chi connectivity index (χ2v) is 11.2. The van der Waals surface area contributed by atoms with E-state index in [2.05, 4.69) is 41.7 Å². The first kappa shape index (κ1) is 35.5. The molecule has 4 amide bonds. The zero-order valence-electron chi connectivity index (χ0n) is 22.8. The number of nitrogens with zero attached hydrogens (tertiary/aromatic N) is 4. The van der Waals surface area contributed by atoms with Crippen LogP contribution in [0, 0.1) is 0 Å². The highest BCUT2D eigenvalue weighted by Crippen LogP contribution is 2.17. The molecule has 5 atom stereocenters. The molecule has 2 bridgehead atoms. The summed E-state index contributed by atoms with van der Waals surface area (Å²) in [6.07, 6.45) is 0.451. The van der Waals surface area contributed by atoms with Gasteiger partial charge in [-0.05, 0) is 32.2 Å². The van der Waals surface area contributed by atoms with Gasteiger partial charge in [0, 0.05) is 17.9 Å². The fraction of sp³-hybridized carbons (Fsp3) is 0.636.